The Balaban J connectivity index is 2.36. The quantitative estimate of drug-likeness (QED) is 0.476. The van der Waals surface area contributed by atoms with Crippen molar-refractivity contribution in [1.82, 2.24) is 0 Å². The molecule has 0 aromatic heterocycles. The van der Waals surface area contributed by atoms with Gasteiger partial charge in [0.25, 0.3) is 0 Å². The van der Waals surface area contributed by atoms with Gasteiger partial charge in [-0.3, -0.25) is 9.59 Å². The second-order valence-corrected chi connectivity index (χ2v) is 7.69. The molecule has 1 N–H and O–H groups in total. The normalized spacial score (nSPS) is 39.2. The average molecular weight is 304 g/mol. The van der Waals surface area contributed by atoms with E-state index in [1.165, 1.54) is 5.57 Å². The Hall–Kier alpha value is -1.38. The molecule has 0 saturated heterocycles. The summed E-state index contributed by atoms with van der Waals surface area (Å²) in [6, 6.07) is 0. The van der Waals surface area contributed by atoms with Gasteiger partial charge in [0, 0.05) is 0 Å². The van der Waals surface area contributed by atoms with Crippen LogP contribution in [0.3, 0.4) is 0 Å². The Morgan fingerprint density at radius 3 is 2.68 bits per heavy atom. The highest BCUT2D eigenvalue weighted by atomic mass is 16.4. The SMILES string of the molecule is C=C1CCC2[C@](C)(CCC[C@]2(C)C(=O)O)[C@H]1C/C=C(/C)C=O. The average Bonchev–Trinajstić information content (AvgIpc) is 2.45. The van der Waals surface area contributed by atoms with Gasteiger partial charge >= 0.3 is 5.97 Å². The predicted octanol–water partition coefficient (Wildman–Crippen LogP) is 4.39. The van der Waals surface area contributed by atoms with Gasteiger partial charge < -0.3 is 5.11 Å². The zero-order valence-electron chi connectivity index (χ0n) is 14.0. The Morgan fingerprint density at radius 2 is 2.09 bits per heavy atom. The molecule has 2 aliphatic rings. The third-order valence-electron chi connectivity index (χ3n) is 6.37. The van der Waals surface area contributed by atoms with Crippen LogP contribution in [0.5, 0.6) is 0 Å². The molecule has 0 bridgehead atoms. The second kappa shape index (κ2) is 6.02. The van der Waals surface area contributed by atoms with Crippen molar-refractivity contribution >= 4 is 12.3 Å². The van der Waals surface area contributed by atoms with Gasteiger partial charge in [-0.05, 0) is 68.8 Å². The third-order valence-corrected chi connectivity index (χ3v) is 6.37. The van der Waals surface area contributed by atoms with Crippen molar-refractivity contribution in [2.45, 2.75) is 59.3 Å². The number of allylic oxidation sites excluding steroid dienone is 3. The fourth-order valence-corrected chi connectivity index (χ4v) is 4.99. The van der Waals surface area contributed by atoms with Crippen molar-refractivity contribution in [2.75, 3.05) is 0 Å². The van der Waals surface area contributed by atoms with Crippen molar-refractivity contribution < 1.29 is 14.7 Å². The zero-order chi connectivity index (χ0) is 16.5. The summed E-state index contributed by atoms with van der Waals surface area (Å²) in [6.07, 6.45) is 8.27. The number of fused-ring (bicyclic) bond motifs is 1. The van der Waals surface area contributed by atoms with E-state index in [2.05, 4.69) is 13.5 Å². The molecule has 2 fully saturated rings. The first-order chi connectivity index (χ1) is 10.3. The van der Waals surface area contributed by atoms with Gasteiger partial charge in [-0.2, -0.15) is 0 Å². The summed E-state index contributed by atoms with van der Waals surface area (Å²) in [6.45, 7) is 10.3. The maximum absolute atomic E-state index is 11.9. The number of aldehydes is 1. The first kappa shape index (κ1) is 17.0. The van der Waals surface area contributed by atoms with Gasteiger partial charge in [0.2, 0.25) is 0 Å². The molecule has 122 valence electrons. The summed E-state index contributed by atoms with van der Waals surface area (Å²) < 4.78 is 0. The van der Waals surface area contributed by atoms with Crippen LogP contribution < -0.4 is 0 Å². The van der Waals surface area contributed by atoms with Crippen LogP contribution in [0.2, 0.25) is 0 Å². The largest absolute Gasteiger partial charge is 0.481 e. The van der Waals surface area contributed by atoms with E-state index in [1.54, 1.807) is 0 Å². The fraction of sp³-hybridized carbons (Fsp3) is 0.684. The van der Waals surface area contributed by atoms with Crippen LogP contribution in [0.25, 0.3) is 0 Å². The standard InChI is InChI=1S/C19H28O3/c1-13(12-20)6-8-15-14(2)7-9-16-18(15,3)10-5-11-19(16,4)17(21)22/h6,12,15-16H,2,5,7-11H2,1,3-4H3,(H,21,22)/b13-6-/t15-,16?,18+,19-/m0/s1. The maximum Gasteiger partial charge on any atom is 0.309 e. The molecule has 0 aliphatic heterocycles. The number of carbonyl (C=O) groups is 2. The summed E-state index contributed by atoms with van der Waals surface area (Å²) in [5.74, 6) is -0.193. The lowest BCUT2D eigenvalue weighted by Crippen LogP contribution is -2.53. The molecule has 0 spiro atoms. The van der Waals surface area contributed by atoms with Crippen LogP contribution >= 0.6 is 0 Å². The van der Waals surface area contributed by atoms with Crippen LogP contribution in [0.1, 0.15) is 59.3 Å². The van der Waals surface area contributed by atoms with E-state index in [4.69, 9.17) is 0 Å². The number of hydrogen-bond acceptors (Lipinski definition) is 2. The summed E-state index contributed by atoms with van der Waals surface area (Å²) in [4.78, 5) is 22.7. The molecule has 3 nitrogen and oxygen atoms in total. The minimum absolute atomic E-state index is 0.0274. The first-order valence-electron chi connectivity index (χ1n) is 8.28. The molecule has 0 amide bonds. The second-order valence-electron chi connectivity index (χ2n) is 7.69. The van der Waals surface area contributed by atoms with E-state index in [0.29, 0.717) is 0 Å². The number of carboxylic acid groups (broad SMARTS) is 1. The van der Waals surface area contributed by atoms with Crippen molar-refractivity contribution in [1.29, 1.82) is 0 Å². The first-order valence-corrected chi connectivity index (χ1v) is 8.28. The molecule has 2 saturated carbocycles. The lowest BCUT2D eigenvalue weighted by atomic mass is 9.46. The Labute approximate surface area is 133 Å². The minimum atomic E-state index is -0.658. The highest BCUT2D eigenvalue weighted by Gasteiger charge is 2.57. The molecule has 2 aliphatic carbocycles. The number of hydrogen-bond donors (Lipinski definition) is 1. The minimum Gasteiger partial charge on any atom is -0.481 e. The van der Waals surface area contributed by atoms with Gasteiger partial charge in [-0.1, -0.05) is 31.6 Å². The molecule has 0 aromatic carbocycles. The molecule has 0 radical (unpaired) electrons. The smallest absolute Gasteiger partial charge is 0.309 e. The summed E-state index contributed by atoms with van der Waals surface area (Å²) in [5, 5.41) is 9.78. The number of carboxylic acids is 1. The molecular weight excluding hydrogens is 276 g/mol. The summed E-state index contributed by atoms with van der Waals surface area (Å²) in [7, 11) is 0. The van der Waals surface area contributed by atoms with E-state index in [9.17, 15) is 14.7 Å². The Bertz CT molecular complexity index is 519. The molecular formula is C19H28O3. The van der Waals surface area contributed by atoms with E-state index in [1.807, 2.05) is 19.9 Å². The van der Waals surface area contributed by atoms with Crippen molar-refractivity contribution in [3.05, 3.63) is 23.8 Å². The highest BCUT2D eigenvalue weighted by Crippen LogP contribution is 2.61. The van der Waals surface area contributed by atoms with Crippen LogP contribution in [0.4, 0.5) is 0 Å². The number of rotatable bonds is 4. The molecule has 0 heterocycles. The van der Waals surface area contributed by atoms with Gasteiger partial charge in [0.05, 0.1) is 5.41 Å². The molecule has 2 rings (SSSR count). The van der Waals surface area contributed by atoms with Gasteiger partial charge in [-0.15, -0.1) is 0 Å². The Kier molecular flexibility index (Phi) is 4.65. The monoisotopic (exact) mass is 304 g/mol. The lowest BCUT2D eigenvalue weighted by molar-refractivity contribution is -0.164. The Morgan fingerprint density at radius 1 is 1.41 bits per heavy atom. The van der Waals surface area contributed by atoms with E-state index < -0.39 is 11.4 Å². The number of aliphatic carboxylic acids is 1. The molecule has 4 atom stereocenters. The van der Waals surface area contributed by atoms with E-state index in [0.717, 1.165) is 50.4 Å². The summed E-state index contributed by atoms with van der Waals surface area (Å²) >= 11 is 0. The molecule has 3 heteroatoms. The summed E-state index contributed by atoms with van der Waals surface area (Å²) in [5.41, 5.74) is 1.31. The van der Waals surface area contributed by atoms with Crippen LogP contribution in [0.15, 0.2) is 23.8 Å². The van der Waals surface area contributed by atoms with Crippen molar-refractivity contribution in [2.24, 2.45) is 22.7 Å². The molecule has 0 aromatic rings. The van der Waals surface area contributed by atoms with Gasteiger partial charge in [0.15, 0.2) is 0 Å². The van der Waals surface area contributed by atoms with Crippen LogP contribution in [-0.2, 0) is 9.59 Å². The van der Waals surface area contributed by atoms with Crippen molar-refractivity contribution in [3.63, 3.8) is 0 Å². The van der Waals surface area contributed by atoms with Crippen LogP contribution in [-0.4, -0.2) is 17.4 Å². The topological polar surface area (TPSA) is 54.4 Å². The third kappa shape index (κ3) is 2.66. The van der Waals surface area contributed by atoms with E-state index >= 15 is 0 Å². The fourth-order valence-electron chi connectivity index (χ4n) is 4.99. The van der Waals surface area contributed by atoms with Gasteiger partial charge in [0.1, 0.15) is 6.29 Å². The molecule has 1 unspecified atom stereocenters. The van der Waals surface area contributed by atoms with E-state index in [-0.39, 0.29) is 17.3 Å². The zero-order valence-corrected chi connectivity index (χ0v) is 14.0. The predicted molar refractivity (Wildman–Crippen MR) is 87.5 cm³/mol. The highest BCUT2D eigenvalue weighted by molar-refractivity contribution is 5.75. The number of carbonyl (C=O) groups excluding carboxylic acids is 1. The van der Waals surface area contributed by atoms with Crippen molar-refractivity contribution in [3.8, 4) is 0 Å². The maximum atomic E-state index is 11.9. The van der Waals surface area contributed by atoms with Gasteiger partial charge in [-0.25, -0.2) is 0 Å². The lowest BCUT2D eigenvalue weighted by Gasteiger charge is -2.57. The molecule has 22 heavy (non-hydrogen) atoms. The van der Waals surface area contributed by atoms with Crippen LogP contribution in [0, 0.1) is 22.7 Å².